The minimum absolute atomic E-state index is 0.217. The van der Waals surface area contributed by atoms with E-state index in [0.717, 1.165) is 4.57 Å². The van der Waals surface area contributed by atoms with Gasteiger partial charge in [0.05, 0.1) is 12.7 Å². The number of aliphatic hydroxyl groups is 2. The zero-order valence-corrected chi connectivity index (χ0v) is 9.83. The minimum Gasteiger partial charge on any atom is -0.394 e. The quantitative estimate of drug-likeness (QED) is 0.648. The molecule has 0 radical (unpaired) electrons. The second kappa shape index (κ2) is 7.12. The van der Waals surface area contributed by atoms with Gasteiger partial charge in [0.25, 0.3) is 5.56 Å². The Kier molecular flexibility index (Phi) is 5.80. The average molecular weight is 280 g/mol. The van der Waals surface area contributed by atoms with E-state index >= 15 is 0 Å². The molecule has 0 aliphatic carbocycles. The Labute approximate surface area is 106 Å². The van der Waals surface area contributed by atoms with Crippen molar-refractivity contribution in [3.63, 3.8) is 0 Å². The Morgan fingerprint density at radius 1 is 1.47 bits per heavy atom. The van der Waals surface area contributed by atoms with Gasteiger partial charge in [-0.05, 0) is 0 Å². The monoisotopic (exact) mass is 280 g/mol. The SMILES string of the molecule is FCF.O=c1ccn(C2OC(CO)CC2O)c(=O)[nH]1. The van der Waals surface area contributed by atoms with Crippen molar-refractivity contribution in [2.75, 3.05) is 13.5 Å². The first-order valence-corrected chi connectivity index (χ1v) is 5.41. The molecule has 0 spiro atoms. The standard InChI is InChI=1S/C9H12N2O5.CH2F2/c12-4-5-3-6(13)8(16-5)11-2-1-7(14)10-9(11)15;2-1-3/h1-2,5-6,8,12-13H,3-4H2,(H,10,14,15);1H2. The van der Waals surface area contributed by atoms with Gasteiger partial charge in [-0.1, -0.05) is 0 Å². The molecule has 3 N–H and O–H groups in total. The number of aromatic nitrogens is 2. The molecule has 2 heterocycles. The summed E-state index contributed by atoms with van der Waals surface area (Å²) in [6, 6.07) is 1.17. The van der Waals surface area contributed by atoms with Gasteiger partial charge < -0.3 is 14.9 Å². The molecule has 19 heavy (non-hydrogen) atoms. The maximum Gasteiger partial charge on any atom is 0.330 e. The van der Waals surface area contributed by atoms with E-state index in [2.05, 4.69) is 4.98 Å². The first kappa shape index (κ1) is 15.5. The Morgan fingerprint density at radius 2 is 2.11 bits per heavy atom. The van der Waals surface area contributed by atoms with Gasteiger partial charge in [0, 0.05) is 18.7 Å². The molecule has 3 atom stereocenters. The summed E-state index contributed by atoms with van der Waals surface area (Å²) in [6.07, 6.45) is -0.706. The molecule has 1 aromatic rings. The first-order valence-electron chi connectivity index (χ1n) is 5.41. The molecule has 1 aromatic heterocycles. The number of ether oxygens (including phenoxy) is 1. The van der Waals surface area contributed by atoms with Crippen molar-refractivity contribution < 1.29 is 23.7 Å². The molecule has 0 saturated carbocycles. The molecular formula is C10H14F2N2O5. The molecule has 3 unspecified atom stereocenters. The van der Waals surface area contributed by atoms with Gasteiger partial charge >= 0.3 is 5.69 Å². The normalized spacial score (nSPS) is 25.8. The lowest BCUT2D eigenvalue weighted by Gasteiger charge is -2.16. The second-order valence-electron chi connectivity index (χ2n) is 3.75. The van der Waals surface area contributed by atoms with Crippen molar-refractivity contribution in [1.82, 2.24) is 9.55 Å². The fraction of sp³-hybridized carbons (Fsp3) is 0.600. The molecule has 108 valence electrons. The van der Waals surface area contributed by atoms with Crippen LogP contribution in [0.5, 0.6) is 0 Å². The van der Waals surface area contributed by atoms with Crippen LogP contribution in [0.4, 0.5) is 8.78 Å². The maximum absolute atomic E-state index is 11.4. The van der Waals surface area contributed by atoms with Gasteiger partial charge in [-0.3, -0.25) is 14.3 Å². The van der Waals surface area contributed by atoms with E-state index in [4.69, 9.17) is 9.84 Å². The van der Waals surface area contributed by atoms with Gasteiger partial charge in [0.2, 0.25) is 6.93 Å². The molecular weight excluding hydrogens is 266 g/mol. The number of rotatable bonds is 2. The number of hydrogen-bond acceptors (Lipinski definition) is 5. The Hall–Kier alpha value is -1.58. The van der Waals surface area contributed by atoms with Gasteiger partial charge in [0.1, 0.15) is 6.10 Å². The molecule has 1 aliphatic rings. The van der Waals surface area contributed by atoms with Crippen LogP contribution in [0.15, 0.2) is 21.9 Å². The molecule has 9 heteroatoms. The lowest BCUT2D eigenvalue weighted by molar-refractivity contribution is -0.0530. The van der Waals surface area contributed by atoms with E-state index < -0.39 is 36.6 Å². The number of aliphatic hydroxyl groups excluding tert-OH is 2. The van der Waals surface area contributed by atoms with Crippen LogP contribution in [-0.4, -0.2) is 45.5 Å². The van der Waals surface area contributed by atoms with Crippen LogP contribution in [0.2, 0.25) is 0 Å². The van der Waals surface area contributed by atoms with Crippen LogP contribution in [-0.2, 0) is 4.74 Å². The highest BCUT2D eigenvalue weighted by atomic mass is 19.3. The topological polar surface area (TPSA) is 105 Å². The summed E-state index contributed by atoms with van der Waals surface area (Å²) in [5.41, 5.74) is -1.15. The average Bonchev–Trinajstić information content (AvgIpc) is 2.72. The van der Waals surface area contributed by atoms with E-state index in [0.29, 0.717) is 0 Å². The maximum atomic E-state index is 11.4. The van der Waals surface area contributed by atoms with Crippen LogP contribution >= 0.6 is 0 Å². The number of aromatic amines is 1. The van der Waals surface area contributed by atoms with Crippen molar-refractivity contribution >= 4 is 0 Å². The molecule has 2 rings (SSSR count). The summed E-state index contributed by atoms with van der Waals surface area (Å²) in [5, 5.41) is 18.5. The van der Waals surface area contributed by atoms with Crippen molar-refractivity contribution in [3.05, 3.63) is 33.1 Å². The second-order valence-corrected chi connectivity index (χ2v) is 3.75. The van der Waals surface area contributed by atoms with Gasteiger partial charge in [0.15, 0.2) is 6.23 Å². The molecule has 1 aliphatic heterocycles. The highest BCUT2D eigenvalue weighted by molar-refractivity contribution is 4.88. The number of nitrogens with one attached hydrogen (secondary N) is 1. The third kappa shape index (κ3) is 3.94. The predicted molar refractivity (Wildman–Crippen MR) is 60.0 cm³/mol. The molecule has 1 saturated heterocycles. The van der Waals surface area contributed by atoms with E-state index in [1.165, 1.54) is 12.3 Å². The van der Waals surface area contributed by atoms with Crippen LogP contribution in [0, 0.1) is 0 Å². The molecule has 7 nitrogen and oxygen atoms in total. The largest absolute Gasteiger partial charge is 0.394 e. The van der Waals surface area contributed by atoms with Crippen molar-refractivity contribution in [2.45, 2.75) is 24.9 Å². The van der Waals surface area contributed by atoms with Crippen molar-refractivity contribution in [2.24, 2.45) is 0 Å². The fourth-order valence-electron chi connectivity index (χ4n) is 1.73. The summed E-state index contributed by atoms with van der Waals surface area (Å²) >= 11 is 0. The van der Waals surface area contributed by atoms with Crippen LogP contribution in [0.3, 0.4) is 0 Å². The highest BCUT2D eigenvalue weighted by Gasteiger charge is 2.35. The Balaban J connectivity index is 0.000000550. The molecule has 0 amide bonds. The smallest absolute Gasteiger partial charge is 0.330 e. The van der Waals surface area contributed by atoms with Crippen LogP contribution < -0.4 is 11.2 Å². The van der Waals surface area contributed by atoms with Gasteiger partial charge in [-0.2, -0.15) is 0 Å². The van der Waals surface area contributed by atoms with Gasteiger partial charge in [-0.25, -0.2) is 13.6 Å². The Morgan fingerprint density at radius 3 is 2.58 bits per heavy atom. The predicted octanol–water partition coefficient (Wildman–Crippen LogP) is -0.940. The van der Waals surface area contributed by atoms with E-state index in [-0.39, 0.29) is 13.0 Å². The molecule has 1 fully saturated rings. The zero-order chi connectivity index (χ0) is 14.4. The summed E-state index contributed by atoms with van der Waals surface area (Å²) in [4.78, 5) is 24.3. The lowest BCUT2D eigenvalue weighted by Crippen LogP contribution is -2.34. The van der Waals surface area contributed by atoms with Crippen molar-refractivity contribution in [1.29, 1.82) is 0 Å². The molecule has 0 bridgehead atoms. The molecule has 0 aromatic carbocycles. The number of alkyl halides is 2. The number of nitrogens with zero attached hydrogens (tertiary/aromatic N) is 1. The highest BCUT2D eigenvalue weighted by Crippen LogP contribution is 2.26. The number of H-pyrrole nitrogens is 1. The van der Waals surface area contributed by atoms with Crippen LogP contribution in [0.25, 0.3) is 0 Å². The minimum atomic E-state index is -1.75. The third-order valence-corrected chi connectivity index (χ3v) is 2.49. The summed E-state index contributed by atoms with van der Waals surface area (Å²) in [6.45, 7) is -1.97. The Bertz CT molecular complexity index is 503. The summed E-state index contributed by atoms with van der Waals surface area (Å²) < 4.78 is 25.6. The van der Waals surface area contributed by atoms with E-state index in [1.54, 1.807) is 0 Å². The third-order valence-electron chi connectivity index (χ3n) is 2.49. The number of hydrogen-bond donors (Lipinski definition) is 3. The zero-order valence-electron chi connectivity index (χ0n) is 9.83. The van der Waals surface area contributed by atoms with E-state index in [1.807, 2.05) is 0 Å². The first-order chi connectivity index (χ1) is 9.03. The van der Waals surface area contributed by atoms with Crippen molar-refractivity contribution in [3.8, 4) is 0 Å². The van der Waals surface area contributed by atoms with Gasteiger partial charge in [-0.15, -0.1) is 0 Å². The summed E-state index contributed by atoms with van der Waals surface area (Å²) in [5.74, 6) is 0. The summed E-state index contributed by atoms with van der Waals surface area (Å²) in [7, 11) is 0. The fourth-order valence-corrected chi connectivity index (χ4v) is 1.73. The van der Waals surface area contributed by atoms with E-state index in [9.17, 15) is 23.5 Å². The number of halogens is 2. The lowest BCUT2D eigenvalue weighted by atomic mass is 10.2. The van der Waals surface area contributed by atoms with Crippen LogP contribution in [0.1, 0.15) is 12.6 Å².